The molecule has 1 aliphatic rings. The fraction of sp³-hybridized carbons (Fsp3) is 0.280. The second-order valence-electron chi connectivity index (χ2n) is 7.60. The second kappa shape index (κ2) is 9.20. The topological polar surface area (TPSA) is 57.2 Å². The smallest absolute Gasteiger partial charge is 0.188 e. The van der Waals surface area contributed by atoms with Gasteiger partial charge in [-0.1, -0.05) is 42.5 Å². The summed E-state index contributed by atoms with van der Waals surface area (Å²) in [5.74, 6) is 2.15. The van der Waals surface area contributed by atoms with Gasteiger partial charge in [0.05, 0.1) is 0 Å². The molecule has 1 atom stereocenters. The van der Waals surface area contributed by atoms with Crippen LogP contribution in [0.5, 0.6) is 17.2 Å². The number of hydrogen-bond acceptors (Lipinski definition) is 5. The first-order valence-electron chi connectivity index (χ1n) is 9.99. The van der Waals surface area contributed by atoms with E-state index in [9.17, 15) is 5.11 Å². The number of ether oxygens (including phenoxy) is 4. The van der Waals surface area contributed by atoms with Gasteiger partial charge in [-0.05, 0) is 41.0 Å². The highest BCUT2D eigenvalue weighted by Gasteiger charge is 2.36. The normalized spacial score (nSPS) is 17.4. The minimum absolute atomic E-state index is 0.203. The zero-order valence-electron chi connectivity index (χ0n) is 17.0. The molecule has 3 aromatic carbocycles. The number of benzene rings is 3. The molecule has 1 aliphatic carbocycles. The zero-order chi connectivity index (χ0) is 20.8. The van der Waals surface area contributed by atoms with Gasteiger partial charge in [-0.25, -0.2) is 0 Å². The van der Waals surface area contributed by atoms with Gasteiger partial charge in [-0.15, -0.1) is 0 Å². The van der Waals surface area contributed by atoms with Crippen LogP contribution in [-0.2, 0) is 24.2 Å². The van der Waals surface area contributed by atoms with Gasteiger partial charge in [0.1, 0.15) is 36.1 Å². The highest BCUT2D eigenvalue weighted by Crippen LogP contribution is 2.33. The summed E-state index contributed by atoms with van der Waals surface area (Å²) in [5.41, 5.74) is 2.36. The first kappa shape index (κ1) is 20.3. The summed E-state index contributed by atoms with van der Waals surface area (Å²) in [6.45, 7) is 0.907. The van der Waals surface area contributed by atoms with Gasteiger partial charge in [0.2, 0.25) is 0 Å². The van der Waals surface area contributed by atoms with Crippen LogP contribution in [0.3, 0.4) is 0 Å². The van der Waals surface area contributed by atoms with Crippen molar-refractivity contribution in [2.45, 2.75) is 25.0 Å². The van der Waals surface area contributed by atoms with Crippen LogP contribution in [0.15, 0.2) is 72.8 Å². The van der Waals surface area contributed by atoms with Crippen LogP contribution in [-0.4, -0.2) is 31.2 Å². The summed E-state index contributed by atoms with van der Waals surface area (Å²) in [7, 11) is 1.59. The maximum Gasteiger partial charge on any atom is 0.188 e. The van der Waals surface area contributed by atoms with Gasteiger partial charge in [0, 0.05) is 26.0 Å². The summed E-state index contributed by atoms with van der Waals surface area (Å²) in [5, 5.41) is 11.0. The number of fused-ring (bicyclic) bond motifs is 1. The lowest BCUT2D eigenvalue weighted by molar-refractivity contribution is 0.00425. The second-order valence-corrected chi connectivity index (χ2v) is 7.60. The van der Waals surface area contributed by atoms with Gasteiger partial charge >= 0.3 is 0 Å². The summed E-state index contributed by atoms with van der Waals surface area (Å²) >= 11 is 0. The van der Waals surface area contributed by atoms with E-state index in [-0.39, 0.29) is 13.4 Å². The molecule has 5 heteroatoms. The van der Waals surface area contributed by atoms with Crippen molar-refractivity contribution in [3.63, 3.8) is 0 Å². The Morgan fingerprint density at radius 1 is 0.767 bits per heavy atom. The molecule has 0 spiro atoms. The number of rotatable bonds is 9. The van der Waals surface area contributed by atoms with Crippen molar-refractivity contribution in [1.82, 2.24) is 0 Å². The van der Waals surface area contributed by atoms with Crippen molar-refractivity contribution >= 4 is 0 Å². The Hall–Kier alpha value is -3.02. The van der Waals surface area contributed by atoms with Crippen molar-refractivity contribution in [3.05, 3.63) is 89.5 Å². The van der Waals surface area contributed by atoms with Crippen molar-refractivity contribution in [2.75, 3.05) is 20.5 Å². The Labute approximate surface area is 176 Å². The van der Waals surface area contributed by atoms with E-state index in [1.165, 1.54) is 0 Å². The van der Waals surface area contributed by atoms with Crippen LogP contribution in [0.25, 0.3) is 0 Å². The van der Waals surface area contributed by atoms with Crippen molar-refractivity contribution in [1.29, 1.82) is 0 Å². The van der Waals surface area contributed by atoms with E-state index >= 15 is 0 Å². The fourth-order valence-corrected chi connectivity index (χ4v) is 3.64. The maximum atomic E-state index is 11.0. The van der Waals surface area contributed by atoms with Gasteiger partial charge in [0.15, 0.2) is 6.79 Å². The third-order valence-corrected chi connectivity index (χ3v) is 5.12. The van der Waals surface area contributed by atoms with Gasteiger partial charge < -0.3 is 24.1 Å². The quantitative estimate of drug-likeness (QED) is 0.541. The van der Waals surface area contributed by atoms with E-state index in [0.717, 1.165) is 28.2 Å². The summed E-state index contributed by atoms with van der Waals surface area (Å²) < 4.78 is 22.2. The van der Waals surface area contributed by atoms with Crippen molar-refractivity contribution in [3.8, 4) is 17.2 Å². The predicted octanol–water partition coefficient (Wildman–Crippen LogP) is 4.16. The van der Waals surface area contributed by atoms with E-state index in [4.69, 9.17) is 18.9 Å². The Morgan fingerprint density at radius 3 is 2.30 bits per heavy atom. The molecule has 1 N–H and O–H groups in total. The van der Waals surface area contributed by atoms with E-state index < -0.39 is 5.60 Å². The molecular formula is C25H26O5. The Balaban J connectivity index is 1.34. The molecule has 0 bridgehead atoms. The molecule has 156 valence electrons. The van der Waals surface area contributed by atoms with E-state index in [1.54, 1.807) is 7.11 Å². The van der Waals surface area contributed by atoms with Gasteiger partial charge in [-0.3, -0.25) is 0 Å². The van der Waals surface area contributed by atoms with Crippen molar-refractivity contribution < 1.29 is 24.1 Å². The highest BCUT2D eigenvalue weighted by molar-refractivity contribution is 5.41. The zero-order valence-corrected chi connectivity index (χ0v) is 17.0. The molecule has 0 radical (unpaired) electrons. The summed E-state index contributed by atoms with van der Waals surface area (Å²) in [6, 6.07) is 23.4. The fourth-order valence-electron chi connectivity index (χ4n) is 3.64. The molecule has 3 aromatic rings. The molecule has 1 unspecified atom stereocenters. The summed E-state index contributed by atoms with van der Waals surface area (Å²) in [4.78, 5) is 0. The molecule has 0 saturated carbocycles. The SMILES string of the molecule is COCOc1ccc2c(c1)CC(O)(COc1cccc(OCc3ccccc3)c1)C2. The molecule has 0 aliphatic heterocycles. The largest absolute Gasteiger partial charge is 0.490 e. The minimum atomic E-state index is -0.941. The highest BCUT2D eigenvalue weighted by atomic mass is 16.7. The molecule has 0 fully saturated rings. The maximum absolute atomic E-state index is 11.0. The first-order valence-corrected chi connectivity index (χ1v) is 9.99. The van der Waals surface area contributed by atoms with Crippen LogP contribution in [0.1, 0.15) is 16.7 Å². The number of aliphatic hydroxyl groups is 1. The molecule has 0 amide bonds. The third-order valence-electron chi connectivity index (χ3n) is 5.12. The monoisotopic (exact) mass is 406 g/mol. The lowest BCUT2D eigenvalue weighted by atomic mass is 10.0. The molecule has 4 rings (SSSR count). The average Bonchev–Trinajstić information content (AvgIpc) is 3.12. The summed E-state index contributed by atoms with van der Waals surface area (Å²) in [6.07, 6.45) is 1.08. The van der Waals surface area contributed by atoms with Crippen LogP contribution >= 0.6 is 0 Å². The van der Waals surface area contributed by atoms with E-state index in [2.05, 4.69) is 0 Å². The predicted molar refractivity (Wildman–Crippen MR) is 114 cm³/mol. The van der Waals surface area contributed by atoms with Crippen LogP contribution in [0.2, 0.25) is 0 Å². The Morgan fingerprint density at radius 2 is 1.50 bits per heavy atom. The number of hydrogen-bond donors (Lipinski definition) is 1. The molecule has 30 heavy (non-hydrogen) atoms. The number of methoxy groups -OCH3 is 1. The molecule has 5 nitrogen and oxygen atoms in total. The Kier molecular flexibility index (Phi) is 6.21. The lowest BCUT2D eigenvalue weighted by Gasteiger charge is -2.22. The van der Waals surface area contributed by atoms with Crippen LogP contribution in [0.4, 0.5) is 0 Å². The molecule has 0 aromatic heterocycles. The molecule has 0 heterocycles. The van der Waals surface area contributed by atoms with Crippen LogP contribution in [0, 0.1) is 0 Å². The lowest BCUT2D eigenvalue weighted by Crippen LogP contribution is -2.36. The third kappa shape index (κ3) is 5.12. The Bertz CT molecular complexity index is 972. The molecular weight excluding hydrogens is 380 g/mol. The van der Waals surface area contributed by atoms with Gasteiger partial charge in [0.25, 0.3) is 0 Å². The molecule has 0 saturated heterocycles. The van der Waals surface area contributed by atoms with Gasteiger partial charge in [-0.2, -0.15) is 0 Å². The van der Waals surface area contributed by atoms with Crippen LogP contribution < -0.4 is 14.2 Å². The van der Waals surface area contributed by atoms with E-state index in [1.807, 2.05) is 72.8 Å². The van der Waals surface area contributed by atoms with Crippen molar-refractivity contribution in [2.24, 2.45) is 0 Å². The average molecular weight is 406 g/mol. The standard InChI is InChI=1S/C25H26O5/c1-27-18-30-24-11-10-20-14-25(26,15-21(20)12-24)17-29-23-9-5-8-22(13-23)28-16-19-6-3-2-4-7-19/h2-13,26H,14-18H2,1H3. The first-order chi connectivity index (χ1) is 14.6. The minimum Gasteiger partial charge on any atom is -0.490 e. The van der Waals surface area contributed by atoms with E-state index in [0.29, 0.717) is 25.2 Å².